The summed E-state index contributed by atoms with van der Waals surface area (Å²) in [4.78, 5) is 25.4. The monoisotopic (exact) mass is 216 g/mol. The molecule has 1 aromatic rings. The van der Waals surface area contributed by atoms with Crippen molar-refractivity contribution in [3.63, 3.8) is 0 Å². The minimum atomic E-state index is -0.277. The van der Waals surface area contributed by atoms with E-state index < -0.39 is 0 Å². The lowest BCUT2D eigenvalue weighted by Gasteiger charge is -2.19. The molecular formula is C12H12N2O2. The van der Waals surface area contributed by atoms with E-state index in [1.54, 1.807) is 6.07 Å². The number of rotatable bonds is 1. The van der Waals surface area contributed by atoms with Crippen LogP contribution in [0.1, 0.15) is 33.6 Å². The number of hydrogen-bond acceptors (Lipinski definition) is 3. The predicted octanol–water partition coefficient (Wildman–Crippen LogP) is 1.17. The highest BCUT2D eigenvalue weighted by Crippen LogP contribution is 2.29. The molecule has 0 atom stereocenters. The molecule has 16 heavy (non-hydrogen) atoms. The number of carbonyl (C=O) groups is 2. The Bertz CT molecular complexity index is 476. The first-order valence-corrected chi connectivity index (χ1v) is 5.51. The van der Waals surface area contributed by atoms with E-state index in [-0.39, 0.29) is 11.8 Å². The molecule has 3 rings (SSSR count). The molecule has 0 radical (unpaired) electrons. The van der Waals surface area contributed by atoms with E-state index >= 15 is 0 Å². The fourth-order valence-corrected chi connectivity index (χ4v) is 2.42. The molecule has 0 bridgehead atoms. The minimum absolute atomic E-state index is 0.262. The number of carbonyl (C=O) groups excluding carboxylic acids is 2. The van der Waals surface area contributed by atoms with Crippen molar-refractivity contribution >= 4 is 17.5 Å². The summed E-state index contributed by atoms with van der Waals surface area (Å²) in [5.41, 5.74) is 1.96. The van der Waals surface area contributed by atoms with Gasteiger partial charge in [0.1, 0.15) is 0 Å². The molecule has 0 saturated carbocycles. The molecule has 2 aliphatic rings. The van der Waals surface area contributed by atoms with Crippen LogP contribution in [0.4, 0.5) is 5.69 Å². The van der Waals surface area contributed by atoms with Crippen LogP contribution in [0.25, 0.3) is 0 Å². The molecule has 4 nitrogen and oxygen atoms in total. The second-order valence-corrected chi connectivity index (χ2v) is 4.18. The molecule has 1 fully saturated rings. The van der Waals surface area contributed by atoms with E-state index in [0.717, 1.165) is 31.6 Å². The second-order valence-electron chi connectivity index (χ2n) is 4.18. The zero-order valence-corrected chi connectivity index (χ0v) is 8.82. The van der Waals surface area contributed by atoms with Gasteiger partial charge in [-0.15, -0.1) is 0 Å². The summed E-state index contributed by atoms with van der Waals surface area (Å²) in [6.07, 6.45) is 2.30. The molecule has 0 aliphatic carbocycles. The lowest BCUT2D eigenvalue weighted by atomic mass is 10.1. The third kappa shape index (κ3) is 1.23. The van der Waals surface area contributed by atoms with Crippen LogP contribution < -0.4 is 10.2 Å². The number of benzene rings is 1. The normalized spacial score (nSPS) is 18.9. The van der Waals surface area contributed by atoms with Gasteiger partial charge in [0.15, 0.2) is 0 Å². The van der Waals surface area contributed by atoms with Crippen LogP contribution >= 0.6 is 0 Å². The van der Waals surface area contributed by atoms with E-state index in [2.05, 4.69) is 10.2 Å². The van der Waals surface area contributed by atoms with Gasteiger partial charge in [-0.3, -0.25) is 14.9 Å². The number of nitrogens with one attached hydrogen (secondary N) is 1. The van der Waals surface area contributed by atoms with Crippen molar-refractivity contribution < 1.29 is 9.59 Å². The van der Waals surface area contributed by atoms with E-state index in [9.17, 15) is 9.59 Å². The van der Waals surface area contributed by atoms with Crippen LogP contribution in [0.3, 0.4) is 0 Å². The Kier molecular flexibility index (Phi) is 1.96. The number of nitrogens with zero attached hydrogens (tertiary/aromatic N) is 1. The summed E-state index contributed by atoms with van der Waals surface area (Å²) >= 11 is 0. The molecule has 82 valence electrons. The number of fused-ring (bicyclic) bond motifs is 1. The molecule has 1 N–H and O–H groups in total. The Morgan fingerprint density at radius 3 is 2.56 bits per heavy atom. The molecule has 0 spiro atoms. The van der Waals surface area contributed by atoms with Gasteiger partial charge in [0.25, 0.3) is 11.8 Å². The average Bonchev–Trinajstić information content (AvgIpc) is 2.88. The molecule has 1 saturated heterocycles. The Labute approximate surface area is 93.2 Å². The van der Waals surface area contributed by atoms with Crippen LogP contribution in [-0.2, 0) is 0 Å². The van der Waals surface area contributed by atoms with Gasteiger partial charge >= 0.3 is 0 Å². The van der Waals surface area contributed by atoms with Gasteiger partial charge in [-0.05, 0) is 25.0 Å². The lowest BCUT2D eigenvalue weighted by Crippen LogP contribution is -2.23. The molecule has 2 amide bonds. The molecule has 4 heteroatoms. The summed E-state index contributed by atoms with van der Waals surface area (Å²) in [6.45, 7) is 1.94. The van der Waals surface area contributed by atoms with Crippen molar-refractivity contribution in [3.05, 3.63) is 29.3 Å². The number of amides is 2. The lowest BCUT2D eigenvalue weighted by molar-refractivity contribution is 0.0880. The number of anilines is 1. The van der Waals surface area contributed by atoms with Crippen LogP contribution in [0, 0.1) is 0 Å². The zero-order chi connectivity index (χ0) is 11.1. The third-order valence-corrected chi connectivity index (χ3v) is 3.19. The fourth-order valence-electron chi connectivity index (χ4n) is 2.42. The van der Waals surface area contributed by atoms with E-state index in [1.165, 1.54) is 0 Å². The topological polar surface area (TPSA) is 49.4 Å². The highest BCUT2D eigenvalue weighted by Gasteiger charge is 2.31. The Morgan fingerprint density at radius 1 is 1.06 bits per heavy atom. The summed E-state index contributed by atoms with van der Waals surface area (Å²) in [5, 5.41) is 2.34. The second kappa shape index (κ2) is 3.33. The summed E-state index contributed by atoms with van der Waals surface area (Å²) in [5.74, 6) is -0.538. The maximum atomic E-state index is 11.7. The van der Waals surface area contributed by atoms with E-state index in [1.807, 2.05) is 12.1 Å². The van der Waals surface area contributed by atoms with Gasteiger partial charge in [-0.2, -0.15) is 0 Å². The molecular weight excluding hydrogens is 204 g/mol. The van der Waals surface area contributed by atoms with Crippen molar-refractivity contribution in [1.82, 2.24) is 5.32 Å². The number of hydrogen-bond donors (Lipinski definition) is 1. The Balaban J connectivity index is 2.13. The molecule has 0 aromatic heterocycles. The largest absolute Gasteiger partial charge is 0.371 e. The fraction of sp³-hybridized carbons (Fsp3) is 0.333. The smallest absolute Gasteiger partial charge is 0.261 e. The minimum Gasteiger partial charge on any atom is -0.371 e. The summed E-state index contributed by atoms with van der Waals surface area (Å²) < 4.78 is 0. The van der Waals surface area contributed by atoms with Crippen LogP contribution in [0.2, 0.25) is 0 Å². The van der Waals surface area contributed by atoms with Gasteiger partial charge < -0.3 is 4.90 Å². The Hall–Kier alpha value is -1.84. The highest BCUT2D eigenvalue weighted by atomic mass is 16.2. The summed E-state index contributed by atoms with van der Waals surface area (Å²) in [7, 11) is 0. The average molecular weight is 216 g/mol. The molecule has 2 heterocycles. The van der Waals surface area contributed by atoms with Gasteiger partial charge in [0.05, 0.1) is 16.8 Å². The SMILES string of the molecule is O=C1NC(=O)c2c1cccc2N1CCCC1. The van der Waals surface area contributed by atoms with Gasteiger partial charge in [0, 0.05) is 13.1 Å². The quantitative estimate of drug-likeness (QED) is 0.717. The van der Waals surface area contributed by atoms with Gasteiger partial charge in [-0.1, -0.05) is 6.07 Å². The van der Waals surface area contributed by atoms with E-state index in [4.69, 9.17) is 0 Å². The third-order valence-electron chi connectivity index (χ3n) is 3.19. The maximum absolute atomic E-state index is 11.7. The standard InChI is InChI=1S/C12H12N2O2/c15-11-8-4-3-5-9(10(8)12(16)13-11)14-6-1-2-7-14/h3-5H,1-2,6-7H2,(H,13,15,16). The first-order valence-electron chi connectivity index (χ1n) is 5.51. The predicted molar refractivity (Wildman–Crippen MR) is 59.7 cm³/mol. The van der Waals surface area contributed by atoms with Crippen molar-refractivity contribution in [3.8, 4) is 0 Å². The van der Waals surface area contributed by atoms with Gasteiger partial charge in [-0.25, -0.2) is 0 Å². The number of imide groups is 1. The van der Waals surface area contributed by atoms with Crippen molar-refractivity contribution in [2.75, 3.05) is 18.0 Å². The van der Waals surface area contributed by atoms with Crippen LogP contribution in [-0.4, -0.2) is 24.9 Å². The van der Waals surface area contributed by atoms with Crippen molar-refractivity contribution in [2.45, 2.75) is 12.8 Å². The first-order chi connectivity index (χ1) is 7.77. The zero-order valence-electron chi connectivity index (χ0n) is 8.82. The molecule has 1 aromatic carbocycles. The van der Waals surface area contributed by atoms with Crippen molar-refractivity contribution in [1.29, 1.82) is 0 Å². The summed E-state index contributed by atoms with van der Waals surface area (Å²) in [6, 6.07) is 5.46. The maximum Gasteiger partial charge on any atom is 0.261 e. The van der Waals surface area contributed by atoms with Gasteiger partial charge in [0.2, 0.25) is 0 Å². The molecule has 2 aliphatic heterocycles. The van der Waals surface area contributed by atoms with Crippen molar-refractivity contribution in [2.24, 2.45) is 0 Å². The highest BCUT2D eigenvalue weighted by molar-refractivity contribution is 6.23. The Morgan fingerprint density at radius 2 is 1.81 bits per heavy atom. The van der Waals surface area contributed by atoms with E-state index in [0.29, 0.717) is 11.1 Å². The first kappa shape index (κ1) is 9.39. The van der Waals surface area contributed by atoms with Crippen LogP contribution in [0.5, 0.6) is 0 Å². The van der Waals surface area contributed by atoms with Crippen LogP contribution in [0.15, 0.2) is 18.2 Å². The molecule has 0 unspecified atom stereocenters.